The van der Waals surface area contributed by atoms with Crippen molar-refractivity contribution in [3.63, 3.8) is 0 Å². The average molecular weight is 287 g/mol. The Bertz CT molecular complexity index is 426. The van der Waals surface area contributed by atoms with Gasteiger partial charge in [-0.05, 0) is 24.8 Å². The third-order valence-corrected chi connectivity index (χ3v) is 5.53. The Morgan fingerprint density at radius 3 is 2.74 bits per heavy atom. The van der Waals surface area contributed by atoms with E-state index in [9.17, 15) is 8.42 Å². The highest BCUT2D eigenvalue weighted by Gasteiger charge is 2.34. The molecule has 5 nitrogen and oxygen atoms in total. The number of nitrogens with zero attached hydrogens (tertiary/aromatic N) is 2. The minimum atomic E-state index is -3.16. The molecule has 1 aliphatic heterocycles. The van der Waals surface area contributed by atoms with Crippen LogP contribution in [-0.4, -0.2) is 44.7 Å². The molecule has 1 N–H and O–H groups in total. The van der Waals surface area contributed by atoms with E-state index in [1.165, 1.54) is 0 Å². The summed E-state index contributed by atoms with van der Waals surface area (Å²) in [5.74, 6) is 0. The predicted octanol–water partition coefficient (Wildman–Crippen LogP) is 1.33. The van der Waals surface area contributed by atoms with E-state index in [1.807, 2.05) is 0 Å². The monoisotopic (exact) mass is 287 g/mol. The third-order valence-electron chi connectivity index (χ3n) is 3.58. The summed E-state index contributed by atoms with van der Waals surface area (Å²) in [6.45, 7) is 8.80. The topological polar surface area (TPSA) is 73.2 Å². The van der Waals surface area contributed by atoms with Gasteiger partial charge in [0.25, 0.3) is 0 Å². The van der Waals surface area contributed by atoms with Crippen LogP contribution in [0.3, 0.4) is 0 Å². The van der Waals surface area contributed by atoms with Crippen LogP contribution in [0.2, 0.25) is 0 Å². The summed E-state index contributed by atoms with van der Waals surface area (Å²) in [7, 11) is -3.16. The van der Waals surface area contributed by atoms with Crippen LogP contribution in [-0.2, 0) is 10.0 Å². The fraction of sp³-hybridized carbons (Fsp3) is 0.923. The zero-order valence-corrected chi connectivity index (χ0v) is 13.0. The SMILES string of the molecule is CCNS(=O)(=O)C1CCN(CC(C)(C)CCC#N)C1. The van der Waals surface area contributed by atoms with E-state index < -0.39 is 10.0 Å². The van der Waals surface area contributed by atoms with Crippen molar-refractivity contribution in [2.75, 3.05) is 26.2 Å². The maximum atomic E-state index is 11.9. The van der Waals surface area contributed by atoms with Gasteiger partial charge >= 0.3 is 0 Å². The van der Waals surface area contributed by atoms with E-state index in [2.05, 4.69) is 29.5 Å². The molecule has 0 radical (unpaired) electrons. The summed E-state index contributed by atoms with van der Waals surface area (Å²) < 4.78 is 26.5. The Hall–Kier alpha value is -0.640. The maximum Gasteiger partial charge on any atom is 0.215 e. The smallest absolute Gasteiger partial charge is 0.215 e. The summed E-state index contributed by atoms with van der Waals surface area (Å²) in [4.78, 5) is 2.21. The van der Waals surface area contributed by atoms with Gasteiger partial charge in [-0.25, -0.2) is 13.1 Å². The molecule has 1 saturated heterocycles. The van der Waals surface area contributed by atoms with Gasteiger partial charge in [0, 0.05) is 26.1 Å². The molecule has 0 aromatic carbocycles. The number of rotatable bonds is 7. The maximum absolute atomic E-state index is 11.9. The van der Waals surface area contributed by atoms with Crippen LogP contribution in [0.25, 0.3) is 0 Å². The first kappa shape index (κ1) is 16.4. The van der Waals surface area contributed by atoms with E-state index in [0.29, 0.717) is 25.9 Å². The van der Waals surface area contributed by atoms with Crippen LogP contribution in [0, 0.1) is 16.7 Å². The molecule has 1 fully saturated rings. The number of hydrogen-bond acceptors (Lipinski definition) is 4. The second-order valence-electron chi connectivity index (χ2n) is 6.01. The molecule has 0 spiro atoms. The molecule has 0 aliphatic carbocycles. The largest absolute Gasteiger partial charge is 0.301 e. The molecule has 0 amide bonds. The highest BCUT2D eigenvalue weighted by atomic mass is 32.2. The van der Waals surface area contributed by atoms with Crippen LogP contribution in [0.4, 0.5) is 0 Å². The van der Waals surface area contributed by atoms with Gasteiger partial charge < -0.3 is 4.90 Å². The molecule has 1 unspecified atom stereocenters. The van der Waals surface area contributed by atoms with Crippen molar-refractivity contribution < 1.29 is 8.42 Å². The lowest BCUT2D eigenvalue weighted by atomic mass is 9.87. The van der Waals surface area contributed by atoms with Gasteiger partial charge in [0.15, 0.2) is 0 Å². The molecule has 1 heterocycles. The quantitative estimate of drug-likeness (QED) is 0.766. The number of nitriles is 1. The van der Waals surface area contributed by atoms with E-state index in [-0.39, 0.29) is 10.7 Å². The van der Waals surface area contributed by atoms with Crippen LogP contribution >= 0.6 is 0 Å². The van der Waals surface area contributed by atoms with Crippen LogP contribution < -0.4 is 4.72 Å². The summed E-state index contributed by atoms with van der Waals surface area (Å²) in [6.07, 6.45) is 2.11. The molecule has 0 saturated carbocycles. The van der Waals surface area contributed by atoms with Crippen LogP contribution in [0.15, 0.2) is 0 Å². The highest BCUT2D eigenvalue weighted by molar-refractivity contribution is 7.90. The normalized spacial score (nSPS) is 21.5. The minimum absolute atomic E-state index is 0.0621. The van der Waals surface area contributed by atoms with Crippen molar-refractivity contribution in [2.45, 2.75) is 45.3 Å². The van der Waals surface area contributed by atoms with Crippen molar-refractivity contribution >= 4 is 10.0 Å². The Kier molecular flexibility index (Phi) is 5.78. The van der Waals surface area contributed by atoms with Gasteiger partial charge in [-0.3, -0.25) is 0 Å². The molecule has 0 aromatic rings. The zero-order chi connectivity index (χ0) is 14.5. The standard InChI is InChI=1S/C13H25N3O2S/c1-4-15-19(17,18)12-6-9-16(10-12)11-13(2,3)7-5-8-14/h12,15H,4-7,9-11H2,1-3H3. The number of hydrogen-bond donors (Lipinski definition) is 1. The Morgan fingerprint density at radius 1 is 1.47 bits per heavy atom. The predicted molar refractivity (Wildman–Crippen MR) is 76.1 cm³/mol. The second-order valence-corrected chi connectivity index (χ2v) is 8.06. The van der Waals surface area contributed by atoms with Gasteiger partial charge in [0.05, 0.1) is 11.3 Å². The number of nitrogens with one attached hydrogen (secondary N) is 1. The van der Waals surface area contributed by atoms with E-state index in [1.54, 1.807) is 6.92 Å². The fourth-order valence-corrected chi connectivity index (χ4v) is 4.05. The minimum Gasteiger partial charge on any atom is -0.301 e. The number of likely N-dealkylation sites (tertiary alicyclic amines) is 1. The molecular formula is C13H25N3O2S. The van der Waals surface area contributed by atoms with Crippen molar-refractivity contribution in [1.82, 2.24) is 9.62 Å². The zero-order valence-electron chi connectivity index (χ0n) is 12.1. The van der Waals surface area contributed by atoms with Crippen molar-refractivity contribution in [3.05, 3.63) is 0 Å². The van der Waals surface area contributed by atoms with Gasteiger partial charge in [0.2, 0.25) is 10.0 Å². The lowest BCUT2D eigenvalue weighted by Crippen LogP contribution is -2.38. The average Bonchev–Trinajstić information content (AvgIpc) is 2.75. The van der Waals surface area contributed by atoms with Crippen molar-refractivity contribution in [1.29, 1.82) is 5.26 Å². The Morgan fingerprint density at radius 2 is 2.16 bits per heavy atom. The third kappa shape index (κ3) is 5.09. The van der Waals surface area contributed by atoms with Crippen molar-refractivity contribution in [2.24, 2.45) is 5.41 Å². The molecule has 0 bridgehead atoms. The first-order valence-corrected chi connectivity index (χ1v) is 8.43. The molecule has 6 heteroatoms. The molecule has 0 aromatic heterocycles. The molecule has 1 aliphatic rings. The van der Waals surface area contributed by atoms with E-state index in [4.69, 9.17) is 5.26 Å². The lowest BCUT2D eigenvalue weighted by molar-refractivity contribution is 0.199. The Balaban J connectivity index is 2.51. The first-order chi connectivity index (χ1) is 8.80. The fourth-order valence-electron chi connectivity index (χ4n) is 2.59. The van der Waals surface area contributed by atoms with E-state index >= 15 is 0 Å². The van der Waals surface area contributed by atoms with Crippen LogP contribution in [0.5, 0.6) is 0 Å². The summed E-state index contributed by atoms with van der Waals surface area (Å²) in [5.41, 5.74) is 0.0621. The summed E-state index contributed by atoms with van der Waals surface area (Å²) >= 11 is 0. The molecule has 19 heavy (non-hydrogen) atoms. The molecule has 110 valence electrons. The second kappa shape index (κ2) is 6.69. The first-order valence-electron chi connectivity index (χ1n) is 6.88. The van der Waals surface area contributed by atoms with E-state index in [0.717, 1.165) is 19.5 Å². The van der Waals surface area contributed by atoms with Gasteiger partial charge in [-0.15, -0.1) is 0 Å². The van der Waals surface area contributed by atoms with Gasteiger partial charge in [0.1, 0.15) is 0 Å². The molecule has 1 rings (SSSR count). The summed E-state index contributed by atoms with van der Waals surface area (Å²) in [6, 6.07) is 2.17. The van der Waals surface area contributed by atoms with Gasteiger partial charge in [-0.2, -0.15) is 5.26 Å². The van der Waals surface area contributed by atoms with Crippen molar-refractivity contribution in [3.8, 4) is 6.07 Å². The van der Waals surface area contributed by atoms with Crippen LogP contribution in [0.1, 0.15) is 40.0 Å². The lowest BCUT2D eigenvalue weighted by Gasteiger charge is -2.29. The highest BCUT2D eigenvalue weighted by Crippen LogP contribution is 2.26. The number of sulfonamides is 1. The molecule has 1 atom stereocenters. The van der Waals surface area contributed by atoms with Gasteiger partial charge in [-0.1, -0.05) is 20.8 Å². The Labute approximate surface area is 117 Å². The molecular weight excluding hydrogens is 262 g/mol. The summed E-state index contributed by atoms with van der Waals surface area (Å²) in [5, 5.41) is 8.35.